The highest BCUT2D eigenvalue weighted by molar-refractivity contribution is 7.90. The third kappa shape index (κ3) is 4.82. The lowest BCUT2D eigenvalue weighted by Crippen LogP contribution is -2.69. The summed E-state index contributed by atoms with van der Waals surface area (Å²) in [5.41, 5.74) is -2.10. The van der Waals surface area contributed by atoms with Crippen LogP contribution in [-0.2, 0) is 15.6 Å². The first kappa shape index (κ1) is 24.6. The Morgan fingerprint density at radius 3 is 2.52 bits per heavy atom. The van der Waals surface area contributed by atoms with Gasteiger partial charge in [-0.3, -0.25) is 14.5 Å². The second-order valence-corrected chi connectivity index (χ2v) is 10.7. The number of nitrogens with zero attached hydrogens (tertiary/aromatic N) is 2. The number of guanidine groups is 1. The third-order valence-corrected chi connectivity index (χ3v) is 7.27. The van der Waals surface area contributed by atoms with E-state index < -0.39 is 50.1 Å². The van der Waals surface area contributed by atoms with Crippen LogP contribution in [0.1, 0.15) is 23.0 Å². The molecule has 0 radical (unpaired) electrons. The van der Waals surface area contributed by atoms with Crippen LogP contribution < -0.4 is 15.4 Å². The maximum absolute atomic E-state index is 14.8. The molecule has 15 heteroatoms. The van der Waals surface area contributed by atoms with Crippen LogP contribution in [-0.4, -0.2) is 71.2 Å². The lowest BCUT2D eigenvalue weighted by molar-refractivity contribution is 0.102. The molecule has 0 spiro atoms. The molecule has 1 aliphatic rings. The summed E-state index contributed by atoms with van der Waals surface area (Å²) >= 11 is 0. The highest BCUT2D eigenvalue weighted by Gasteiger charge is 2.48. The number of anilines is 1. The fourth-order valence-corrected chi connectivity index (χ4v) is 5.95. The Hall–Kier alpha value is -3.09. The largest absolute Gasteiger partial charge is 0.495 e. The summed E-state index contributed by atoms with van der Waals surface area (Å²) in [6.45, 7) is 1.35. The fraction of sp³-hybridized carbons (Fsp3) is 0.278. The zero-order valence-electron chi connectivity index (χ0n) is 18.8. The van der Waals surface area contributed by atoms with Gasteiger partial charge in [0.25, 0.3) is 5.91 Å². The molecule has 0 saturated carbocycles. The summed E-state index contributed by atoms with van der Waals surface area (Å²) in [6, 6.07) is 4.84. The Morgan fingerprint density at radius 2 is 2.00 bits per heavy atom. The van der Waals surface area contributed by atoms with Gasteiger partial charge in [0, 0.05) is 17.3 Å². The number of pyridine rings is 1. The van der Waals surface area contributed by atoms with E-state index in [1.54, 1.807) is 23.5 Å². The molecule has 33 heavy (non-hydrogen) atoms. The molecule has 3 N–H and O–H groups in total. The van der Waals surface area contributed by atoms with Crippen molar-refractivity contribution in [3.05, 3.63) is 53.4 Å². The quantitative estimate of drug-likeness (QED) is 0.454. The number of benzene rings is 1. The van der Waals surface area contributed by atoms with Crippen LogP contribution in [0.15, 0.2) is 30.5 Å². The third-order valence-electron chi connectivity index (χ3n) is 5.04. The van der Waals surface area contributed by atoms with Crippen LogP contribution in [0.25, 0.3) is 0 Å². The normalized spacial score (nSPS) is 20.1. The van der Waals surface area contributed by atoms with Gasteiger partial charge in [0.05, 0.1) is 24.6 Å². The molecule has 0 bridgehead atoms. The van der Waals surface area contributed by atoms with Crippen molar-refractivity contribution in [1.82, 2.24) is 14.6 Å². The number of halogens is 2. The monoisotopic (exact) mass is 475 g/mol. The van der Waals surface area contributed by atoms with Gasteiger partial charge in [-0.2, -0.15) is 0 Å². The molecule has 1 saturated heterocycles. The van der Waals surface area contributed by atoms with Crippen molar-refractivity contribution >= 4 is 51.1 Å². The van der Waals surface area contributed by atoms with Gasteiger partial charge in [-0.15, -0.1) is 0 Å². The van der Waals surface area contributed by atoms with Crippen molar-refractivity contribution < 1.29 is 26.7 Å². The number of rotatable bonds is 5. The molecule has 1 aromatic heterocycles. The molecule has 1 fully saturated rings. The summed E-state index contributed by atoms with van der Waals surface area (Å²) in [6.07, 6.45) is 1.33. The van der Waals surface area contributed by atoms with E-state index in [4.69, 9.17) is 10.1 Å². The fourth-order valence-electron chi connectivity index (χ4n) is 3.71. The van der Waals surface area contributed by atoms with E-state index in [9.17, 15) is 22.0 Å². The summed E-state index contributed by atoms with van der Waals surface area (Å²) < 4.78 is 61.1. The molecule has 1 aromatic carbocycles. The van der Waals surface area contributed by atoms with Crippen molar-refractivity contribution in [1.29, 1.82) is 5.41 Å². The zero-order chi connectivity index (χ0) is 24.8. The number of hydrogen-bond acceptors (Lipinski definition) is 6. The molecule has 172 valence electrons. The van der Waals surface area contributed by atoms with Crippen molar-refractivity contribution in [3.63, 3.8) is 0 Å². The molecular formula is C18H22B3F2N5O4S. The molecule has 9 nitrogen and oxygen atoms in total. The van der Waals surface area contributed by atoms with Gasteiger partial charge >= 0.3 is 0 Å². The highest BCUT2D eigenvalue weighted by atomic mass is 32.2. The van der Waals surface area contributed by atoms with Gasteiger partial charge in [-0.05, 0) is 30.4 Å². The molecule has 1 atom stereocenters. The summed E-state index contributed by atoms with van der Waals surface area (Å²) in [5, 5.41) is 12.4. The van der Waals surface area contributed by atoms with E-state index in [1.165, 1.54) is 32.4 Å². The first-order valence-electron chi connectivity index (χ1n) is 9.89. The summed E-state index contributed by atoms with van der Waals surface area (Å²) in [5.74, 6) is -3.91. The van der Waals surface area contributed by atoms with Gasteiger partial charge < -0.3 is 15.4 Å². The van der Waals surface area contributed by atoms with Gasteiger partial charge in [-0.1, -0.05) is 0 Å². The Bertz CT molecular complexity index is 1220. The van der Waals surface area contributed by atoms with Crippen molar-refractivity contribution in [3.8, 4) is 5.75 Å². The molecule has 2 aromatic rings. The van der Waals surface area contributed by atoms with Gasteiger partial charge in [0.15, 0.2) is 11.6 Å². The molecule has 0 aliphatic carbocycles. The first-order chi connectivity index (χ1) is 15.2. The number of carbonyl (C=O) groups is 1. The molecule has 1 aliphatic heterocycles. The maximum Gasteiger partial charge on any atom is 0.274 e. The minimum absolute atomic E-state index is 0.00857. The van der Waals surface area contributed by atoms with E-state index in [-0.39, 0.29) is 16.9 Å². The molecule has 1 amide bonds. The predicted octanol–water partition coefficient (Wildman–Crippen LogP) is -1.48. The van der Waals surface area contributed by atoms with Crippen LogP contribution in [0.2, 0.25) is 0 Å². The number of ether oxygens (including phenoxy) is 1. The van der Waals surface area contributed by atoms with E-state index >= 15 is 0 Å². The van der Waals surface area contributed by atoms with Crippen LogP contribution >= 0.6 is 0 Å². The standard InChI is InChI=1S/C18H22B3F2N5O4S/c1-17(8-33(30,31)28(16(24)27-17)18(19,20)21)11-5-9(6-12(22)14(11)23)26-15(29)13-4-3-10(32-2)7-25-13/h3-7H,8,19-21H2,1-2H3,(H2,24,27)(H,26,29)/t17-/m0/s1. The number of sulfonamides is 1. The Labute approximate surface area is 193 Å². The van der Waals surface area contributed by atoms with Crippen molar-refractivity contribution in [2.24, 2.45) is 0 Å². The van der Waals surface area contributed by atoms with Crippen molar-refractivity contribution in [2.75, 3.05) is 18.2 Å². The van der Waals surface area contributed by atoms with E-state index in [2.05, 4.69) is 15.6 Å². The Morgan fingerprint density at radius 1 is 1.33 bits per heavy atom. The molecule has 2 heterocycles. The van der Waals surface area contributed by atoms with E-state index in [1.807, 2.05) is 0 Å². The number of methoxy groups -OCH3 is 1. The van der Waals surface area contributed by atoms with E-state index in [0.29, 0.717) is 5.75 Å². The van der Waals surface area contributed by atoms with Crippen LogP contribution in [0.4, 0.5) is 14.5 Å². The second-order valence-electron chi connectivity index (χ2n) is 8.85. The van der Waals surface area contributed by atoms with Crippen LogP contribution in [0, 0.1) is 17.0 Å². The topological polar surface area (TPSA) is 124 Å². The average molecular weight is 475 g/mol. The lowest BCUT2D eigenvalue weighted by atomic mass is 9.49. The number of hydrogen-bond donors (Lipinski definition) is 3. The van der Waals surface area contributed by atoms with Crippen LogP contribution in [0.3, 0.4) is 0 Å². The first-order valence-corrected chi connectivity index (χ1v) is 11.5. The Balaban J connectivity index is 1.97. The maximum atomic E-state index is 14.8. The highest BCUT2D eigenvalue weighted by Crippen LogP contribution is 2.34. The summed E-state index contributed by atoms with van der Waals surface area (Å²) in [4.78, 5) is 16.4. The number of amides is 1. The van der Waals surface area contributed by atoms with Crippen molar-refractivity contribution in [2.45, 2.75) is 17.7 Å². The number of nitrogens with one attached hydrogen (secondary N) is 3. The molecule has 0 unspecified atom stereocenters. The van der Waals surface area contributed by atoms with Gasteiger partial charge in [0.1, 0.15) is 35.0 Å². The zero-order valence-corrected chi connectivity index (χ0v) is 19.6. The SMILES string of the molecule is BC(B)(B)N1C(=N)N[C@](C)(c2cc(NC(=O)c3ccc(OC)cn3)cc(F)c2F)CS1(=O)=O. The van der Waals surface area contributed by atoms with Crippen LogP contribution in [0.5, 0.6) is 5.75 Å². The van der Waals surface area contributed by atoms with E-state index in [0.717, 1.165) is 16.4 Å². The molecular weight excluding hydrogens is 453 g/mol. The minimum atomic E-state index is -4.05. The molecule has 3 rings (SSSR count). The number of carbonyl (C=O) groups excluding carboxylic acids is 1. The minimum Gasteiger partial charge on any atom is -0.495 e. The number of aromatic nitrogens is 1. The lowest BCUT2D eigenvalue weighted by Gasteiger charge is -2.47. The van der Waals surface area contributed by atoms with Gasteiger partial charge in [0.2, 0.25) is 16.0 Å². The Kier molecular flexibility index (Phi) is 6.22. The smallest absolute Gasteiger partial charge is 0.274 e. The van der Waals surface area contributed by atoms with Gasteiger partial charge in [-0.25, -0.2) is 22.2 Å². The predicted molar refractivity (Wildman–Crippen MR) is 127 cm³/mol. The summed E-state index contributed by atoms with van der Waals surface area (Å²) in [7, 11) is 2.25. The average Bonchev–Trinajstić information content (AvgIpc) is 2.67. The second kappa shape index (κ2) is 8.36.